The topological polar surface area (TPSA) is 85.6 Å². The van der Waals surface area contributed by atoms with Gasteiger partial charge in [-0.15, -0.1) is 34.2 Å². The molecule has 0 unspecified atom stereocenters. The fourth-order valence-electron chi connectivity index (χ4n) is 2.15. The predicted molar refractivity (Wildman–Crippen MR) is 108 cm³/mol. The highest BCUT2D eigenvalue weighted by Crippen LogP contribution is 2.26. The molecule has 0 fully saturated rings. The normalized spacial score (nSPS) is 11.1. The number of rotatable bonds is 8. The number of halogens is 3. The van der Waals surface area contributed by atoms with Crippen LogP contribution in [-0.4, -0.2) is 41.0 Å². The standard InChI is InChI=1S/C16H22F2N6O2.HI/c1-4-19-16(21-9-14-23-22-10-24(14)2)20-8-11-7-12(25-3)5-6-13(11)26-15(17)18;/h5-7,10,15H,4,8-9H2,1-3H3,(H2,19,20,21);1H. The zero-order valence-corrected chi connectivity index (χ0v) is 17.6. The van der Waals surface area contributed by atoms with Gasteiger partial charge in [0.15, 0.2) is 11.8 Å². The molecule has 11 heteroatoms. The van der Waals surface area contributed by atoms with Crippen molar-refractivity contribution >= 4 is 29.9 Å². The Morgan fingerprint density at radius 3 is 2.70 bits per heavy atom. The third-order valence-corrected chi connectivity index (χ3v) is 3.45. The van der Waals surface area contributed by atoms with Crippen LogP contribution in [0.25, 0.3) is 0 Å². The highest BCUT2D eigenvalue weighted by molar-refractivity contribution is 14.0. The molecule has 0 spiro atoms. The minimum atomic E-state index is -2.91. The van der Waals surface area contributed by atoms with Gasteiger partial charge in [-0.25, -0.2) is 4.99 Å². The molecule has 150 valence electrons. The number of nitrogens with zero attached hydrogens (tertiary/aromatic N) is 4. The lowest BCUT2D eigenvalue weighted by Gasteiger charge is -2.13. The number of hydrogen-bond acceptors (Lipinski definition) is 5. The quantitative estimate of drug-likeness (QED) is 0.332. The summed E-state index contributed by atoms with van der Waals surface area (Å²) in [6.07, 6.45) is 1.60. The highest BCUT2D eigenvalue weighted by atomic mass is 127. The van der Waals surface area contributed by atoms with E-state index in [9.17, 15) is 8.78 Å². The van der Waals surface area contributed by atoms with Gasteiger partial charge in [0, 0.05) is 19.2 Å². The van der Waals surface area contributed by atoms with Crippen LogP contribution in [0.1, 0.15) is 18.3 Å². The second kappa shape index (κ2) is 11.5. The van der Waals surface area contributed by atoms with Crippen molar-refractivity contribution in [3.05, 3.63) is 35.9 Å². The highest BCUT2D eigenvalue weighted by Gasteiger charge is 2.11. The van der Waals surface area contributed by atoms with Crippen molar-refractivity contribution in [2.75, 3.05) is 13.7 Å². The summed E-state index contributed by atoms with van der Waals surface area (Å²) in [6.45, 7) is 0.210. The summed E-state index contributed by atoms with van der Waals surface area (Å²) in [7, 11) is 3.34. The molecule has 2 N–H and O–H groups in total. The van der Waals surface area contributed by atoms with Gasteiger partial charge in [0.25, 0.3) is 0 Å². The van der Waals surface area contributed by atoms with Crippen molar-refractivity contribution < 1.29 is 18.3 Å². The van der Waals surface area contributed by atoms with Crippen molar-refractivity contribution in [3.8, 4) is 11.5 Å². The van der Waals surface area contributed by atoms with E-state index >= 15 is 0 Å². The first-order valence-corrected chi connectivity index (χ1v) is 8.00. The monoisotopic (exact) mass is 496 g/mol. The zero-order chi connectivity index (χ0) is 18.9. The summed E-state index contributed by atoms with van der Waals surface area (Å²) in [5, 5.41) is 14.0. The molecule has 0 aliphatic heterocycles. The summed E-state index contributed by atoms with van der Waals surface area (Å²) >= 11 is 0. The van der Waals surface area contributed by atoms with Crippen LogP contribution in [0.4, 0.5) is 8.78 Å². The Morgan fingerprint density at radius 2 is 2.11 bits per heavy atom. The molecule has 1 aromatic carbocycles. The largest absolute Gasteiger partial charge is 0.497 e. The van der Waals surface area contributed by atoms with E-state index in [1.54, 1.807) is 23.0 Å². The van der Waals surface area contributed by atoms with E-state index in [0.29, 0.717) is 30.4 Å². The summed E-state index contributed by atoms with van der Waals surface area (Å²) < 4.78 is 36.7. The number of benzene rings is 1. The number of aliphatic imine (C=N–C) groups is 1. The number of ether oxygens (including phenoxy) is 2. The number of methoxy groups -OCH3 is 1. The lowest BCUT2D eigenvalue weighted by molar-refractivity contribution is -0.0504. The minimum Gasteiger partial charge on any atom is -0.497 e. The lowest BCUT2D eigenvalue weighted by atomic mass is 10.2. The Hall–Kier alpha value is -2.18. The van der Waals surface area contributed by atoms with Gasteiger partial charge in [0.05, 0.1) is 20.2 Å². The van der Waals surface area contributed by atoms with Crippen LogP contribution < -0.4 is 20.1 Å². The van der Waals surface area contributed by atoms with E-state index in [-0.39, 0.29) is 36.3 Å². The van der Waals surface area contributed by atoms with Gasteiger partial charge < -0.3 is 24.7 Å². The SMILES string of the molecule is CCNC(=NCc1cc(OC)ccc1OC(F)F)NCc1nncn1C.I. The van der Waals surface area contributed by atoms with Gasteiger partial charge >= 0.3 is 6.61 Å². The molecular formula is C16H23F2IN6O2. The van der Waals surface area contributed by atoms with Gasteiger partial charge in [0.1, 0.15) is 17.8 Å². The maximum absolute atomic E-state index is 12.6. The second-order valence-corrected chi connectivity index (χ2v) is 5.26. The molecule has 0 aliphatic rings. The molecule has 8 nitrogen and oxygen atoms in total. The van der Waals surface area contributed by atoms with Crippen molar-refractivity contribution in [2.45, 2.75) is 26.6 Å². The van der Waals surface area contributed by atoms with E-state index in [1.165, 1.54) is 13.2 Å². The van der Waals surface area contributed by atoms with Gasteiger partial charge in [-0.2, -0.15) is 8.78 Å². The molecule has 0 saturated heterocycles. The number of nitrogens with one attached hydrogen (secondary N) is 2. The molecule has 0 amide bonds. The lowest BCUT2D eigenvalue weighted by Crippen LogP contribution is -2.37. The van der Waals surface area contributed by atoms with Crippen molar-refractivity contribution in [1.29, 1.82) is 0 Å². The molecule has 1 heterocycles. The Morgan fingerprint density at radius 1 is 1.33 bits per heavy atom. The number of hydrogen-bond donors (Lipinski definition) is 2. The van der Waals surface area contributed by atoms with E-state index in [2.05, 4.69) is 30.6 Å². The fraction of sp³-hybridized carbons (Fsp3) is 0.438. The zero-order valence-electron chi connectivity index (χ0n) is 15.3. The first-order chi connectivity index (χ1) is 12.5. The van der Waals surface area contributed by atoms with Crippen LogP contribution in [0.3, 0.4) is 0 Å². The number of aromatic nitrogens is 3. The van der Waals surface area contributed by atoms with Gasteiger partial charge in [-0.1, -0.05) is 0 Å². The smallest absolute Gasteiger partial charge is 0.387 e. The summed E-state index contributed by atoms with van der Waals surface area (Å²) in [4.78, 5) is 4.41. The van der Waals surface area contributed by atoms with Crippen LogP contribution >= 0.6 is 24.0 Å². The molecule has 27 heavy (non-hydrogen) atoms. The Kier molecular flexibility index (Phi) is 9.75. The van der Waals surface area contributed by atoms with Gasteiger partial charge in [0.2, 0.25) is 0 Å². The first kappa shape index (κ1) is 22.9. The van der Waals surface area contributed by atoms with E-state index in [1.807, 2.05) is 14.0 Å². The number of aryl methyl sites for hydroxylation is 1. The van der Waals surface area contributed by atoms with E-state index < -0.39 is 6.61 Å². The first-order valence-electron chi connectivity index (χ1n) is 8.00. The third kappa shape index (κ3) is 7.15. The number of alkyl halides is 2. The molecule has 0 atom stereocenters. The molecule has 0 aliphatic carbocycles. The maximum Gasteiger partial charge on any atom is 0.387 e. The van der Waals surface area contributed by atoms with E-state index in [0.717, 1.165) is 5.82 Å². The molecule has 2 aromatic rings. The van der Waals surface area contributed by atoms with Crippen LogP contribution in [0.5, 0.6) is 11.5 Å². The average Bonchev–Trinajstić information content (AvgIpc) is 3.03. The average molecular weight is 496 g/mol. The van der Waals surface area contributed by atoms with Crippen LogP contribution in [0, 0.1) is 0 Å². The second-order valence-electron chi connectivity index (χ2n) is 5.26. The van der Waals surface area contributed by atoms with Crippen molar-refractivity contribution in [1.82, 2.24) is 25.4 Å². The third-order valence-electron chi connectivity index (χ3n) is 3.45. The molecule has 0 saturated carbocycles. The Labute approximate surface area is 173 Å². The molecule has 1 aromatic heterocycles. The predicted octanol–water partition coefficient (Wildman–Crippen LogP) is 2.30. The summed E-state index contributed by atoms with van der Waals surface area (Å²) in [6, 6.07) is 4.62. The summed E-state index contributed by atoms with van der Waals surface area (Å²) in [5.41, 5.74) is 0.487. The maximum atomic E-state index is 12.6. The molecule has 0 bridgehead atoms. The molecule has 0 radical (unpaired) electrons. The number of guanidine groups is 1. The van der Waals surface area contributed by atoms with E-state index in [4.69, 9.17) is 4.74 Å². The van der Waals surface area contributed by atoms with Gasteiger partial charge in [-0.05, 0) is 25.1 Å². The van der Waals surface area contributed by atoms with Crippen LogP contribution in [-0.2, 0) is 20.1 Å². The van der Waals surface area contributed by atoms with Gasteiger partial charge in [-0.3, -0.25) is 0 Å². The van der Waals surface area contributed by atoms with Crippen molar-refractivity contribution in [2.24, 2.45) is 12.0 Å². The van der Waals surface area contributed by atoms with Crippen molar-refractivity contribution in [3.63, 3.8) is 0 Å². The fourth-order valence-corrected chi connectivity index (χ4v) is 2.15. The van der Waals surface area contributed by atoms with Crippen LogP contribution in [0.15, 0.2) is 29.5 Å². The van der Waals surface area contributed by atoms with Crippen LogP contribution in [0.2, 0.25) is 0 Å². The summed E-state index contributed by atoms with van der Waals surface area (Å²) in [5.74, 6) is 1.85. The Bertz CT molecular complexity index is 741. The Balaban J connectivity index is 0.00000364. The molecule has 2 rings (SSSR count). The minimum absolute atomic E-state index is 0. The molecular weight excluding hydrogens is 473 g/mol.